The van der Waals surface area contributed by atoms with E-state index in [0.717, 1.165) is 9.87 Å². The average Bonchev–Trinajstić information content (AvgIpc) is 2.78. The normalized spacial score (nSPS) is 19.4. The lowest BCUT2D eigenvalue weighted by Crippen LogP contribution is -2.53. The number of amides is 2. The molecular formula is C22H29N3O5S. The van der Waals surface area contributed by atoms with E-state index in [9.17, 15) is 13.2 Å². The Kier molecular flexibility index (Phi) is 7.32. The molecule has 0 saturated carbocycles. The van der Waals surface area contributed by atoms with Crippen molar-refractivity contribution >= 4 is 16.1 Å². The number of ether oxygens (including phenoxy) is 1. The van der Waals surface area contributed by atoms with E-state index in [2.05, 4.69) is 5.32 Å². The molecule has 1 aliphatic rings. The van der Waals surface area contributed by atoms with Crippen molar-refractivity contribution in [2.75, 3.05) is 39.9 Å². The minimum atomic E-state index is -3.77. The van der Waals surface area contributed by atoms with Crippen molar-refractivity contribution < 1.29 is 23.1 Å². The largest absolute Gasteiger partial charge is 0.395 e. The Labute approximate surface area is 183 Å². The Hall–Kier alpha value is -2.46. The number of aliphatic hydroxyl groups excluding tert-OH is 1. The van der Waals surface area contributed by atoms with Gasteiger partial charge in [0.1, 0.15) is 5.60 Å². The van der Waals surface area contributed by atoms with Gasteiger partial charge in [0.05, 0.1) is 24.7 Å². The maximum Gasteiger partial charge on any atom is 0.317 e. The third-order valence-electron chi connectivity index (χ3n) is 5.45. The Morgan fingerprint density at radius 1 is 1.19 bits per heavy atom. The van der Waals surface area contributed by atoms with Crippen molar-refractivity contribution in [2.24, 2.45) is 0 Å². The van der Waals surface area contributed by atoms with Crippen LogP contribution >= 0.6 is 0 Å². The molecule has 168 valence electrons. The minimum absolute atomic E-state index is 0.00509. The number of morpholine rings is 1. The van der Waals surface area contributed by atoms with Gasteiger partial charge in [0.25, 0.3) is 0 Å². The molecule has 1 saturated heterocycles. The fourth-order valence-corrected chi connectivity index (χ4v) is 5.00. The summed E-state index contributed by atoms with van der Waals surface area (Å²) in [5.74, 6) is 0. The molecule has 2 amide bonds. The smallest absolute Gasteiger partial charge is 0.317 e. The van der Waals surface area contributed by atoms with Crippen LogP contribution in [0, 0.1) is 0 Å². The molecule has 9 heteroatoms. The van der Waals surface area contributed by atoms with E-state index in [4.69, 9.17) is 9.84 Å². The number of urea groups is 1. The highest BCUT2D eigenvalue weighted by atomic mass is 32.2. The summed E-state index contributed by atoms with van der Waals surface area (Å²) in [4.78, 5) is 14.7. The van der Waals surface area contributed by atoms with Gasteiger partial charge in [0, 0.05) is 26.7 Å². The molecule has 2 aromatic carbocycles. The molecule has 0 aromatic heterocycles. The van der Waals surface area contributed by atoms with Crippen LogP contribution in [0.2, 0.25) is 0 Å². The van der Waals surface area contributed by atoms with Gasteiger partial charge in [-0.15, -0.1) is 0 Å². The summed E-state index contributed by atoms with van der Waals surface area (Å²) in [5, 5.41) is 11.9. The summed E-state index contributed by atoms with van der Waals surface area (Å²) in [6.07, 6.45) is 0. The fourth-order valence-electron chi connectivity index (χ4n) is 3.62. The molecular weight excluding hydrogens is 418 g/mol. The highest BCUT2D eigenvalue weighted by Crippen LogP contribution is 2.29. The summed E-state index contributed by atoms with van der Waals surface area (Å²) < 4.78 is 32.7. The lowest BCUT2D eigenvalue weighted by atomic mass is 9.94. The van der Waals surface area contributed by atoms with E-state index in [-0.39, 0.29) is 30.6 Å². The van der Waals surface area contributed by atoms with E-state index in [0.29, 0.717) is 25.3 Å². The first kappa shape index (κ1) is 23.2. The number of carbonyl (C=O) groups is 1. The molecule has 0 radical (unpaired) electrons. The van der Waals surface area contributed by atoms with Crippen molar-refractivity contribution in [3.8, 4) is 0 Å². The number of rotatable bonds is 7. The van der Waals surface area contributed by atoms with E-state index in [1.54, 1.807) is 23.1 Å². The zero-order valence-electron chi connectivity index (χ0n) is 17.8. The number of nitrogens with zero attached hydrogens (tertiary/aromatic N) is 2. The molecule has 3 rings (SSSR count). The zero-order chi connectivity index (χ0) is 22.5. The maximum absolute atomic E-state index is 12.9. The second kappa shape index (κ2) is 9.78. The van der Waals surface area contributed by atoms with Gasteiger partial charge >= 0.3 is 6.03 Å². The Balaban J connectivity index is 1.70. The highest BCUT2D eigenvalue weighted by Gasteiger charge is 2.35. The molecule has 1 atom stereocenters. The van der Waals surface area contributed by atoms with E-state index in [1.165, 1.54) is 13.1 Å². The molecule has 1 unspecified atom stereocenters. The van der Waals surface area contributed by atoms with Gasteiger partial charge in [0.15, 0.2) is 0 Å². The van der Waals surface area contributed by atoms with Gasteiger partial charge in [-0.2, -0.15) is 4.31 Å². The molecule has 31 heavy (non-hydrogen) atoms. The van der Waals surface area contributed by atoms with Gasteiger partial charge in [-0.25, -0.2) is 13.2 Å². The van der Waals surface area contributed by atoms with Gasteiger partial charge < -0.3 is 20.1 Å². The summed E-state index contributed by atoms with van der Waals surface area (Å²) in [6, 6.07) is 16.0. The predicted molar refractivity (Wildman–Crippen MR) is 117 cm³/mol. The number of hydrogen-bond donors (Lipinski definition) is 2. The fraction of sp³-hybridized carbons (Fsp3) is 0.409. The molecule has 1 fully saturated rings. The number of hydrogen-bond acceptors (Lipinski definition) is 5. The van der Waals surface area contributed by atoms with Crippen LogP contribution in [0.15, 0.2) is 59.5 Å². The molecule has 8 nitrogen and oxygen atoms in total. The van der Waals surface area contributed by atoms with E-state index in [1.807, 2.05) is 37.3 Å². The van der Waals surface area contributed by atoms with Gasteiger partial charge in [0.2, 0.25) is 10.0 Å². The summed E-state index contributed by atoms with van der Waals surface area (Å²) in [6.45, 7) is 3.01. The predicted octanol–water partition coefficient (Wildman–Crippen LogP) is 1.76. The molecule has 0 bridgehead atoms. The number of carbonyl (C=O) groups excluding carboxylic acids is 1. The third-order valence-corrected chi connectivity index (χ3v) is 7.41. The van der Waals surface area contributed by atoms with Gasteiger partial charge in [-0.3, -0.25) is 0 Å². The van der Waals surface area contributed by atoms with Crippen LogP contribution in [-0.4, -0.2) is 68.7 Å². The second-order valence-electron chi connectivity index (χ2n) is 7.68. The second-order valence-corrected chi connectivity index (χ2v) is 9.70. The van der Waals surface area contributed by atoms with E-state index < -0.39 is 15.6 Å². The first-order chi connectivity index (χ1) is 14.8. The highest BCUT2D eigenvalue weighted by molar-refractivity contribution is 7.89. The first-order valence-corrected chi connectivity index (χ1v) is 11.6. The quantitative estimate of drug-likeness (QED) is 0.674. The number of benzene rings is 2. The number of likely N-dealkylation sites (N-methyl/N-ethyl adjacent to an activating group) is 1. The van der Waals surface area contributed by atoms with Gasteiger partial charge in [-0.1, -0.05) is 48.5 Å². The summed E-state index contributed by atoms with van der Waals surface area (Å²) in [7, 11) is -2.35. The zero-order valence-corrected chi connectivity index (χ0v) is 18.6. The molecule has 0 spiro atoms. The third kappa shape index (κ3) is 5.24. The van der Waals surface area contributed by atoms with Crippen LogP contribution in [0.25, 0.3) is 0 Å². The van der Waals surface area contributed by atoms with Crippen molar-refractivity contribution in [1.29, 1.82) is 0 Å². The van der Waals surface area contributed by atoms with Gasteiger partial charge in [-0.05, 0) is 24.1 Å². The monoisotopic (exact) mass is 447 g/mol. The summed E-state index contributed by atoms with van der Waals surface area (Å²) >= 11 is 0. The minimum Gasteiger partial charge on any atom is -0.395 e. The van der Waals surface area contributed by atoms with Crippen LogP contribution in [0.3, 0.4) is 0 Å². The number of sulfonamides is 1. The Bertz CT molecular complexity index is 999. The van der Waals surface area contributed by atoms with Crippen molar-refractivity contribution in [3.63, 3.8) is 0 Å². The van der Waals surface area contributed by atoms with Crippen molar-refractivity contribution in [1.82, 2.24) is 14.5 Å². The van der Waals surface area contributed by atoms with Crippen molar-refractivity contribution in [3.05, 3.63) is 65.7 Å². The molecule has 1 heterocycles. The SMILES string of the molecule is CN(CCO)S(=O)(=O)c1ccccc1CNC(=O)N1CCOC(C)(c2ccccc2)C1. The van der Waals surface area contributed by atoms with Crippen LogP contribution < -0.4 is 5.32 Å². The molecule has 2 aromatic rings. The van der Waals surface area contributed by atoms with Crippen molar-refractivity contribution in [2.45, 2.75) is 24.0 Å². The van der Waals surface area contributed by atoms with Crippen LogP contribution in [0.5, 0.6) is 0 Å². The maximum atomic E-state index is 12.9. The van der Waals surface area contributed by atoms with Crippen LogP contribution in [0.4, 0.5) is 4.79 Å². The topological polar surface area (TPSA) is 99.2 Å². The summed E-state index contributed by atoms with van der Waals surface area (Å²) in [5.41, 5.74) is 0.876. The Morgan fingerprint density at radius 3 is 2.58 bits per heavy atom. The first-order valence-electron chi connectivity index (χ1n) is 10.2. The number of aliphatic hydroxyl groups is 1. The van der Waals surface area contributed by atoms with E-state index >= 15 is 0 Å². The number of nitrogens with one attached hydrogen (secondary N) is 1. The average molecular weight is 448 g/mol. The van der Waals surface area contributed by atoms with Crippen LogP contribution in [-0.2, 0) is 26.9 Å². The lowest BCUT2D eigenvalue weighted by Gasteiger charge is -2.40. The van der Waals surface area contributed by atoms with Crippen LogP contribution in [0.1, 0.15) is 18.1 Å². The molecule has 2 N–H and O–H groups in total. The Morgan fingerprint density at radius 2 is 1.87 bits per heavy atom. The molecule has 0 aliphatic carbocycles. The molecule has 1 aliphatic heterocycles. The lowest BCUT2D eigenvalue weighted by molar-refractivity contribution is -0.0906. The standard InChI is InChI=1S/C22H29N3O5S/c1-22(19-9-4-3-5-10-19)17-25(13-15-30-22)21(27)23-16-18-8-6-7-11-20(18)31(28,29)24(2)12-14-26/h3-11,26H,12-17H2,1-2H3,(H,23,27).